The molecule has 0 amide bonds. The van der Waals surface area contributed by atoms with Crippen LogP contribution in [0, 0.1) is 13.8 Å². The van der Waals surface area contributed by atoms with Gasteiger partial charge in [-0.05, 0) is 26.0 Å². The number of hydrogen-bond donors (Lipinski definition) is 4. The van der Waals surface area contributed by atoms with Gasteiger partial charge in [-0.3, -0.25) is 10.4 Å². The Bertz CT molecular complexity index is 967. The molecule has 8 nitrogen and oxygen atoms in total. The summed E-state index contributed by atoms with van der Waals surface area (Å²) in [4.78, 5) is 16.5. The third kappa shape index (κ3) is 2.89. The van der Waals surface area contributed by atoms with Crippen molar-refractivity contribution in [3.8, 4) is 0 Å². The molecule has 3 aromatic heterocycles. The fourth-order valence-electron chi connectivity index (χ4n) is 2.42. The summed E-state index contributed by atoms with van der Waals surface area (Å²) in [6, 6.07) is 11.6. The molecular formula is C16H16N8. The predicted molar refractivity (Wildman–Crippen MR) is 92.8 cm³/mol. The predicted octanol–water partition coefficient (Wildman–Crippen LogP) is 3.18. The summed E-state index contributed by atoms with van der Waals surface area (Å²) >= 11 is 0. The molecule has 0 radical (unpaired) electrons. The van der Waals surface area contributed by atoms with E-state index in [-0.39, 0.29) is 0 Å². The van der Waals surface area contributed by atoms with E-state index >= 15 is 0 Å². The number of imidazole rings is 1. The zero-order valence-corrected chi connectivity index (χ0v) is 13.3. The molecular weight excluding hydrogens is 304 g/mol. The highest BCUT2D eigenvalue weighted by atomic mass is 15.2. The maximum Gasteiger partial charge on any atom is 0.231 e. The Labute approximate surface area is 137 Å². The fourth-order valence-corrected chi connectivity index (χ4v) is 2.42. The number of aromatic nitrogens is 6. The quantitative estimate of drug-likeness (QED) is 0.460. The Balaban J connectivity index is 1.60. The van der Waals surface area contributed by atoms with Crippen LogP contribution in [-0.4, -0.2) is 30.1 Å². The number of rotatable bonds is 4. The zero-order valence-electron chi connectivity index (χ0n) is 13.3. The minimum Gasteiger partial charge on any atom is -0.324 e. The second-order valence-corrected chi connectivity index (χ2v) is 5.51. The SMILES string of the molecule is Cc1cc(Nc2cc(C)[nH]n2)nc(Nc2nc3ccccc3[nH]2)n1. The van der Waals surface area contributed by atoms with Gasteiger partial charge in [0.2, 0.25) is 11.9 Å². The van der Waals surface area contributed by atoms with Crippen LogP contribution in [0.15, 0.2) is 36.4 Å². The number of H-pyrrole nitrogens is 2. The van der Waals surface area contributed by atoms with Crippen LogP contribution in [0.25, 0.3) is 11.0 Å². The Morgan fingerprint density at radius 1 is 0.917 bits per heavy atom. The van der Waals surface area contributed by atoms with Gasteiger partial charge in [0.05, 0.1) is 11.0 Å². The summed E-state index contributed by atoms with van der Waals surface area (Å²) in [6.45, 7) is 3.85. The maximum absolute atomic E-state index is 4.47. The second kappa shape index (κ2) is 5.65. The molecule has 0 bridgehead atoms. The van der Waals surface area contributed by atoms with Crippen LogP contribution in [0.1, 0.15) is 11.4 Å². The summed E-state index contributed by atoms with van der Waals surface area (Å²) in [5.41, 5.74) is 3.65. The number of hydrogen-bond acceptors (Lipinski definition) is 6. The first kappa shape index (κ1) is 14.2. The van der Waals surface area contributed by atoms with Gasteiger partial charge in [-0.2, -0.15) is 10.1 Å². The highest BCUT2D eigenvalue weighted by molar-refractivity contribution is 5.77. The van der Waals surface area contributed by atoms with Crippen molar-refractivity contribution in [2.45, 2.75) is 13.8 Å². The third-order valence-corrected chi connectivity index (χ3v) is 3.44. The van der Waals surface area contributed by atoms with Gasteiger partial charge >= 0.3 is 0 Å². The first-order valence-corrected chi connectivity index (χ1v) is 7.52. The lowest BCUT2D eigenvalue weighted by Gasteiger charge is -2.06. The first-order chi connectivity index (χ1) is 11.7. The highest BCUT2D eigenvalue weighted by Crippen LogP contribution is 2.19. The van der Waals surface area contributed by atoms with Crippen LogP contribution < -0.4 is 10.6 Å². The Morgan fingerprint density at radius 3 is 2.58 bits per heavy atom. The van der Waals surface area contributed by atoms with Gasteiger partial charge in [-0.25, -0.2) is 9.97 Å². The molecule has 8 heteroatoms. The molecule has 0 aliphatic carbocycles. The van der Waals surface area contributed by atoms with Gasteiger partial charge < -0.3 is 10.3 Å². The van der Waals surface area contributed by atoms with Crippen molar-refractivity contribution in [2.24, 2.45) is 0 Å². The zero-order chi connectivity index (χ0) is 16.5. The smallest absolute Gasteiger partial charge is 0.231 e. The summed E-state index contributed by atoms with van der Waals surface area (Å²) in [7, 11) is 0. The highest BCUT2D eigenvalue weighted by Gasteiger charge is 2.07. The number of fused-ring (bicyclic) bond motifs is 1. The standard InChI is InChI=1S/C16H16N8/c1-9-7-13(20-14-8-10(2)23-24-14)21-15(17-9)22-16-18-11-5-3-4-6-12(11)19-16/h3-8H,1-2H3,(H4,17,18,19,20,21,22,23,24). The molecule has 0 spiro atoms. The van der Waals surface area contributed by atoms with Crippen LogP contribution in [-0.2, 0) is 0 Å². The summed E-state index contributed by atoms with van der Waals surface area (Å²) in [5, 5.41) is 13.3. The largest absolute Gasteiger partial charge is 0.324 e. The summed E-state index contributed by atoms with van der Waals surface area (Å²) < 4.78 is 0. The third-order valence-electron chi connectivity index (χ3n) is 3.44. The van der Waals surface area contributed by atoms with E-state index in [1.165, 1.54) is 0 Å². The molecule has 4 rings (SSSR count). The maximum atomic E-state index is 4.47. The Hall–Kier alpha value is -3.42. The number of nitrogens with zero attached hydrogens (tertiary/aromatic N) is 4. The van der Waals surface area contributed by atoms with Crippen LogP contribution in [0.5, 0.6) is 0 Å². The van der Waals surface area contributed by atoms with Gasteiger partial charge in [0.25, 0.3) is 0 Å². The van der Waals surface area contributed by atoms with Crippen molar-refractivity contribution in [3.05, 3.63) is 47.8 Å². The van der Waals surface area contributed by atoms with Crippen molar-refractivity contribution in [2.75, 3.05) is 10.6 Å². The lowest BCUT2D eigenvalue weighted by Crippen LogP contribution is -2.03. The second-order valence-electron chi connectivity index (χ2n) is 5.51. The Kier molecular flexibility index (Phi) is 3.34. The van der Waals surface area contributed by atoms with E-state index in [9.17, 15) is 0 Å². The van der Waals surface area contributed by atoms with Crippen molar-refractivity contribution < 1.29 is 0 Å². The fraction of sp³-hybridized carbons (Fsp3) is 0.125. The van der Waals surface area contributed by atoms with Crippen molar-refractivity contribution in [1.29, 1.82) is 0 Å². The molecule has 0 saturated heterocycles. The van der Waals surface area contributed by atoms with Crippen LogP contribution in [0.3, 0.4) is 0 Å². The van der Waals surface area contributed by atoms with E-state index < -0.39 is 0 Å². The number of nitrogens with one attached hydrogen (secondary N) is 4. The normalized spacial score (nSPS) is 10.9. The molecule has 3 heterocycles. The lowest BCUT2D eigenvalue weighted by molar-refractivity contribution is 1.04. The molecule has 4 N–H and O–H groups in total. The van der Waals surface area contributed by atoms with Crippen molar-refractivity contribution >= 4 is 34.6 Å². The molecule has 1 aromatic carbocycles. The minimum absolute atomic E-state index is 0.462. The average Bonchev–Trinajstić information content (AvgIpc) is 3.12. The van der Waals surface area contributed by atoms with E-state index in [0.29, 0.717) is 23.5 Å². The van der Waals surface area contributed by atoms with E-state index in [0.717, 1.165) is 22.4 Å². The Morgan fingerprint density at radius 2 is 1.79 bits per heavy atom. The van der Waals surface area contributed by atoms with Crippen molar-refractivity contribution in [1.82, 2.24) is 30.1 Å². The van der Waals surface area contributed by atoms with Crippen LogP contribution >= 0.6 is 0 Å². The monoisotopic (exact) mass is 320 g/mol. The lowest BCUT2D eigenvalue weighted by atomic mass is 10.3. The van der Waals surface area contributed by atoms with Gasteiger partial charge in [0.15, 0.2) is 5.82 Å². The molecule has 0 saturated carbocycles. The topological polar surface area (TPSA) is 107 Å². The number of aryl methyl sites for hydroxylation is 2. The molecule has 0 fully saturated rings. The number of aromatic amines is 2. The molecule has 24 heavy (non-hydrogen) atoms. The number of benzene rings is 1. The number of anilines is 4. The number of para-hydroxylation sites is 2. The molecule has 0 unspecified atom stereocenters. The summed E-state index contributed by atoms with van der Waals surface area (Å²) in [6.07, 6.45) is 0. The molecule has 0 aliphatic rings. The molecule has 0 aliphatic heterocycles. The van der Waals surface area contributed by atoms with Gasteiger partial charge in [0.1, 0.15) is 5.82 Å². The van der Waals surface area contributed by atoms with Crippen molar-refractivity contribution in [3.63, 3.8) is 0 Å². The molecule has 4 aromatic rings. The summed E-state index contributed by atoms with van der Waals surface area (Å²) in [5.74, 6) is 2.43. The van der Waals surface area contributed by atoms with Gasteiger partial charge in [0, 0.05) is 23.5 Å². The first-order valence-electron chi connectivity index (χ1n) is 7.52. The van der Waals surface area contributed by atoms with E-state index in [4.69, 9.17) is 0 Å². The molecule has 120 valence electrons. The van der Waals surface area contributed by atoms with Crippen LogP contribution in [0.4, 0.5) is 23.5 Å². The minimum atomic E-state index is 0.462. The van der Waals surface area contributed by atoms with Gasteiger partial charge in [-0.15, -0.1) is 0 Å². The van der Waals surface area contributed by atoms with Crippen LogP contribution in [0.2, 0.25) is 0 Å². The van der Waals surface area contributed by atoms with Gasteiger partial charge in [-0.1, -0.05) is 12.1 Å². The van der Waals surface area contributed by atoms with E-state index in [1.807, 2.05) is 50.2 Å². The average molecular weight is 320 g/mol. The van der Waals surface area contributed by atoms with E-state index in [1.54, 1.807) is 0 Å². The molecule has 0 atom stereocenters. The van der Waals surface area contributed by atoms with E-state index in [2.05, 4.69) is 40.8 Å².